The van der Waals surface area contributed by atoms with E-state index in [-0.39, 0.29) is 26.2 Å². The van der Waals surface area contributed by atoms with Crippen LogP contribution in [0, 0.1) is 0 Å². The Morgan fingerprint density at radius 1 is 0.619 bits per heavy atom. The number of hydrogen-bond acceptors (Lipinski definition) is 0. The predicted molar refractivity (Wildman–Crippen MR) is 86.1 cm³/mol. The van der Waals surface area contributed by atoms with Gasteiger partial charge in [-0.3, -0.25) is 0 Å². The van der Waals surface area contributed by atoms with E-state index in [4.69, 9.17) is 0 Å². The Balaban J connectivity index is 0.000000147. The Morgan fingerprint density at radius 2 is 1.00 bits per heavy atom. The Kier molecular flexibility index (Phi) is 6.14. The summed E-state index contributed by atoms with van der Waals surface area (Å²) in [5, 5.41) is 0. The Bertz CT molecular complexity index is 539. The molecule has 0 saturated carbocycles. The van der Waals surface area contributed by atoms with Gasteiger partial charge in [-0.15, -0.1) is 0 Å². The summed E-state index contributed by atoms with van der Waals surface area (Å²) in [6.45, 7) is 0. The molecule has 102 valence electrons. The van der Waals surface area contributed by atoms with Crippen LogP contribution in [0.15, 0.2) is 97.1 Å². The minimum Gasteiger partial charge on any atom is -0.213 e. The average Bonchev–Trinajstić information content (AvgIpc) is 3.29. The zero-order valence-corrected chi connectivity index (χ0v) is 14.4. The molecule has 2 aliphatic carbocycles. The summed E-state index contributed by atoms with van der Waals surface area (Å²) >= 11 is 0. The van der Waals surface area contributed by atoms with Gasteiger partial charge in [0.05, 0.1) is 0 Å². The molecule has 0 bridgehead atoms. The van der Waals surface area contributed by atoms with Gasteiger partial charge in [0.25, 0.3) is 0 Å². The third-order valence-corrected chi connectivity index (χ3v) is 3.64. The van der Waals surface area contributed by atoms with Crippen LogP contribution in [0.25, 0.3) is 0 Å². The largest absolute Gasteiger partial charge is 2.00 e. The van der Waals surface area contributed by atoms with E-state index < -0.39 is 0 Å². The van der Waals surface area contributed by atoms with Crippen LogP contribution < -0.4 is 0 Å². The first-order valence-electron chi connectivity index (χ1n) is 7.07. The molecule has 0 aromatic heterocycles. The molecule has 0 aliphatic heterocycles. The van der Waals surface area contributed by atoms with Crippen LogP contribution >= 0.6 is 0 Å². The van der Waals surface area contributed by atoms with Gasteiger partial charge in [-0.1, -0.05) is 48.6 Å². The molecule has 0 heterocycles. The van der Waals surface area contributed by atoms with Crippen LogP contribution in [-0.2, 0) is 26.2 Å². The van der Waals surface area contributed by atoms with Gasteiger partial charge in [-0.05, 0) is 11.8 Å². The second-order valence-corrected chi connectivity index (χ2v) is 5.03. The van der Waals surface area contributed by atoms with Crippen molar-refractivity contribution in [2.24, 2.45) is 0 Å². The number of hydrogen-bond donors (Lipinski definition) is 0. The Labute approximate surface area is 146 Å². The maximum atomic E-state index is 2.20. The summed E-state index contributed by atoms with van der Waals surface area (Å²) in [4.78, 5) is 0. The van der Waals surface area contributed by atoms with Crippen LogP contribution in [0.4, 0.5) is 0 Å². The first kappa shape index (κ1) is 15.9. The standard InChI is InChI=1S/2C10H9.Zr/c2*1-2-6-9(5-1)10-7-3-4-8-10;/h2*1-9H;/q2*-1;+2. The molecular formula is C20H18Zr. The molecule has 0 amide bonds. The van der Waals surface area contributed by atoms with Crippen molar-refractivity contribution in [1.29, 1.82) is 0 Å². The number of rotatable bonds is 2. The van der Waals surface area contributed by atoms with Crippen molar-refractivity contribution in [3.63, 3.8) is 0 Å². The van der Waals surface area contributed by atoms with Crippen molar-refractivity contribution >= 4 is 0 Å². The maximum Gasteiger partial charge on any atom is 2.00 e. The fourth-order valence-corrected chi connectivity index (χ4v) is 2.53. The summed E-state index contributed by atoms with van der Waals surface area (Å²) in [5.74, 6) is 1.07. The minimum atomic E-state index is 0. The molecule has 0 radical (unpaired) electrons. The molecule has 0 fully saturated rings. The molecule has 2 aromatic carbocycles. The van der Waals surface area contributed by atoms with E-state index in [9.17, 15) is 0 Å². The molecule has 0 nitrogen and oxygen atoms in total. The van der Waals surface area contributed by atoms with Crippen molar-refractivity contribution in [2.45, 2.75) is 11.8 Å². The molecule has 2 aromatic rings. The van der Waals surface area contributed by atoms with Crippen molar-refractivity contribution in [1.82, 2.24) is 0 Å². The quantitative estimate of drug-likeness (QED) is 0.651. The van der Waals surface area contributed by atoms with Crippen molar-refractivity contribution in [3.05, 3.63) is 108 Å². The summed E-state index contributed by atoms with van der Waals surface area (Å²) in [7, 11) is 0. The maximum absolute atomic E-state index is 2.20. The van der Waals surface area contributed by atoms with Gasteiger partial charge in [0, 0.05) is 0 Å². The van der Waals surface area contributed by atoms with E-state index in [2.05, 4.69) is 97.1 Å². The number of allylic oxidation sites excluding steroid dienone is 8. The van der Waals surface area contributed by atoms with E-state index in [1.165, 1.54) is 11.1 Å². The van der Waals surface area contributed by atoms with E-state index in [1.807, 2.05) is 0 Å². The summed E-state index contributed by atoms with van der Waals surface area (Å²) < 4.78 is 0. The molecule has 0 atom stereocenters. The third-order valence-electron chi connectivity index (χ3n) is 3.64. The molecule has 1 heteroatoms. The molecule has 0 N–H and O–H groups in total. The van der Waals surface area contributed by atoms with Crippen LogP contribution in [0.1, 0.15) is 23.0 Å². The normalized spacial score (nSPS) is 16.0. The molecule has 0 unspecified atom stereocenters. The third kappa shape index (κ3) is 4.25. The van der Waals surface area contributed by atoms with E-state index in [0.29, 0.717) is 11.8 Å². The van der Waals surface area contributed by atoms with Crippen LogP contribution in [0.5, 0.6) is 0 Å². The minimum absolute atomic E-state index is 0. The fourth-order valence-electron chi connectivity index (χ4n) is 2.53. The van der Waals surface area contributed by atoms with Gasteiger partial charge in [0.2, 0.25) is 0 Å². The molecule has 0 spiro atoms. The monoisotopic (exact) mass is 348 g/mol. The van der Waals surface area contributed by atoms with E-state index >= 15 is 0 Å². The van der Waals surface area contributed by atoms with Gasteiger partial charge in [-0.25, -0.2) is 24.3 Å². The second kappa shape index (κ2) is 8.10. The Morgan fingerprint density at radius 3 is 1.29 bits per heavy atom. The van der Waals surface area contributed by atoms with Gasteiger partial charge >= 0.3 is 26.2 Å². The molecule has 21 heavy (non-hydrogen) atoms. The Hall–Kier alpha value is -1.46. The first-order valence-corrected chi connectivity index (χ1v) is 7.07. The fraction of sp³-hybridized carbons (Fsp3) is 0.100. The summed E-state index contributed by atoms with van der Waals surface area (Å²) in [6.07, 6.45) is 17.2. The summed E-state index contributed by atoms with van der Waals surface area (Å²) in [5.41, 5.74) is 2.79. The van der Waals surface area contributed by atoms with Crippen molar-refractivity contribution in [3.8, 4) is 0 Å². The molecule has 0 saturated heterocycles. The van der Waals surface area contributed by atoms with Gasteiger partial charge in [0.1, 0.15) is 0 Å². The van der Waals surface area contributed by atoms with Gasteiger partial charge < -0.3 is 0 Å². The average molecular weight is 350 g/mol. The van der Waals surface area contributed by atoms with Crippen LogP contribution in [-0.4, -0.2) is 0 Å². The van der Waals surface area contributed by atoms with Crippen molar-refractivity contribution < 1.29 is 26.2 Å². The van der Waals surface area contributed by atoms with Gasteiger partial charge in [-0.2, -0.15) is 35.4 Å². The zero-order valence-electron chi connectivity index (χ0n) is 11.9. The van der Waals surface area contributed by atoms with Crippen LogP contribution in [0.2, 0.25) is 0 Å². The SMILES string of the molecule is C1=CC(c2ccc[cH-]2)C=C1.C1=CC(c2ccc[cH-]2)C=C1.[Zr+2]. The zero-order chi connectivity index (χ0) is 13.6. The topological polar surface area (TPSA) is 0 Å². The van der Waals surface area contributed by atoms with Gasteiger partial charge in [0.15, 0.2) is 0 Å². The van der Waals surface area contributed by atoms with Crippen LogP contribution in [0.3, 0.4) is 0 Å². The van der Waals surface area contributed by atoms with E-state index in [1.54, 1.807) is 0 Å². The van der Waals surface area contributed by atoms with E-state index in [0.717, 1.165) is 0 Å². The second-order valence-electron chi connectivity index (χ2n) is 5.03. The van der Waals surface area contributed by atoms with Crippen molar-refractivity contribution in [2.75, 3.05) is 0 Å². The molecular weight excluding hydrogens is 331 g/mol. The summed E-state index contributed by atoms with van der Waals surface area (Å²) in [6, 6.07) is 16.9. The molecule has 2 aliphatic rings. The predicted octanol–water partition coefficient (Wildman–Crippen LogP) is 5.23. The first-order chi connectivity index (χ1) is 9.93. The smallest absolute Gasteiger partial charge is 0.213 e. The molecule has 4 rings (SSSR count).